The summed E-state index contributed by atoms with van der Waals surface area (Å²) in [5.41, 5.74) is 2.19. The summed E-state index contributed by atoms with van der Waals surface area (Å²) in [6.45, 7) is 4.82. The monoisotopic (exact) mass is 342 g/mol. The van der Waals surface area contributed by atoms with Gasteiger partial charge in [-0.25, -0.2) is 4.68 Å². The van der Waals surface area contributed by atoms with Crippen LogP contribution in [0.5, 0.6) is 0 Å². The fraction of sp³-hybridized carbons (Fsp3) is 0.471. The molecule has 1 unspecified atom stereocenters. The second-order valence-electron chi connectivity index (χ2n) is 6.43. The van der Waals surface area contributed by atoms with E-state index < -0.39 is 0 Å². The van der Waals surface area contributed by atoms with E-state index in [0.717, 1.165) is 24.9 Å². The van der Waals surface area contributed by atoms with E-state index in [9.17, 15) is 9.59 Å². The number of aromatic nitrogens is 4. The highest BCUT2D eigenvalue weighted by molar-refractivity contribution is 5.96. The van der Waals surface area contributed by atoms with E-state index in [1.54, 1.807) is 12.1 Å². The molecular weight excluding hydrogens is 320 g/mol. The van der Waals surface area contributed by atoms with Crippen LogP contribution in [0.15, 0.2) is 24.5 Å². The zero-order valence-electron chi connectivity index (χ0n) is 14.5. The molecule has 2 aromatic rings. The number of likely N-dealkylation sites (tertiary alicyclic amines) is 1. The molecule has 2 amide bonds. The molecule has 1 aliphatic rings. The average Bonchev–Trinajstić information content (AvgIpc) is 3.09. The quantitative estimate of drug-likeness (QED) is 0.911. The molecule has 0 bridgehead atoms. The van der Waals surface area contributed by atoms with Crippen LogP contribution in [0, 0.1) is 6.92 Å². The Morgan fingerprint density at radius 3 is 2.84 bits per heavy atom. The number of benzene rings is 1. The molecule has 3 rings (SSSR count). The summed E-state index contributed by atoms with van der Waals surface area (Å²) in [5.74, 6) is -0.166. The number of amides is 2. The number of tetrazole rings is 1. The van der Waals surface area contributed by atoms with Crippen LogP contribution in [0.1, 0.15) is 42.1 Å². The van der Waals surface area contributed by atoms with Gasteiger partial charge >= 0.3 is 0 Å². The minimum atomic E-state index is -0.223. The number of carbonyl (C=O) groups excluding carboxylic acids is 2. The number of nitrogens with zero attached hydrogens (tertiary/aromatic N) is 5. The highest BCUT2D eigenvalue weighted by atomic mass is 16.2. The smallest absolute Gasteiger partial charge is 0.254 e. The van der Waals surface area contributed by atoms with Crippen molar-refractivity contribution >= 4 is 17.5 Å². The lowest BCUT2D eigenvalue weighted by molar-refractivity contribution is -0.116. The summed E-state index contributed by atoms with van der Waals surface area (Å²) < 4.78 is 1.35. The Kier molecular flexibility index (Phi) is 5.06. The van der Waals surface area contributed by atoms with Gasteiger partial charge in [0.2, 0.25) is 5.91 Å². The van der Waals surface area contributed by atoms with Gasteiger partial charge in [-0.2, -0.15) is 0 Å². The molecule has 1 aromatic heterocycles. The average molecular weight is 342 g/mol. The van der Waals surface area contributed by atoms with Crippen LogP contribution >= 0.6 is 0 Å². The normalized spacial score (nSPS) is 17.4. The highest BCUT2D eigenvalue weighted by Gasteiger charge is 2.24. The molecule has 1 atom stereocenters. The maximum Gasteiger partial charge on any atom is 0.254 e. The third-order valence-corrected chi connectivity index (χ3v) is 4.51. The second-order valence-corrected chi connectivity index (χ2v) is 6.43. The summed E-state index contributed by atoms with van der Waals surface area (Å²) in [4.78, 5) is 26.7. The van der Waals surface area contributed by atoms with Crippen molar-refractivity contribution in [1.29, 1.82) is 0 Å². The van der Waals surface area contributed by atoms with Crippen molar-refractivity contribution in [2.45, 2.75) is 45.7 Å². The van der Waals surface area contributed by atoms with Crippen molar-refractivity contribution in [2.24, 2.45) is 0 Å². The van der Waals surface area contributed by atoms with E-state index in [1.165, 1.54) is 17.4 Å². The van der Waals surface area contributed by atoms with Gasteiger partial charge in [-0.3, -0.25) is 9.59 Å². The molecule has 1 saturated heterocycles. The highest BCUT2D eigenvalue weighted by Crippen LogP contribution is 2.22. The van der Waals surface area contributed by atoms with Gasteiger partial charge in [0.05, 0.1) is 0 Å². The van der Waals surface area contributed by atoms with Gasteiger partial charge in [0.1, 0.15) is 12.9 Å². The molecule has 0 spiro atoms. The number of rotatable bonds is 4. The van der Waals surface area contributed by atoms with Gasteiger partial charge in [-0.15, -0.1) is 5.10 Å². The van der Waals surface area contributed by atoms with Crippen LogP contribution in [0.3, 0.4) is 0 Å². The lowest BCUT2D eigenvalue weighted by Gasteiger charge is -2.33. The molecule has 1 N–H and O–H groups in total. The molecule has 8 heteroatoms. The van der Waals surface area contributed by atoms with Gasteiger partial charge in [-0.1, -0.05) is 0 Å². The molecule has 1 aliphatic heterocycles. The zero-order chi connectivity index (χ0) is 17.8. The van der Waals surface area contributed by atoms with E-state index in [-0.39, 0.29) is 24.4 Å². The first-order chi connectivity index (χ1) is 12.0. The molecule has 25 heavy (non-hydrogen) atoms. The summed E-state index contributed by atoms with van der Waals surface area (Å²) in [6.07, 6.45) is 4.67. The Labute approximate surface area is 146 Å². The van der Waals surface area contributed by atoms with Crippen LogP contribution in [-0.2, 0) is 11.3 Å². The standard InChI is InChI=1S/C17H22N6O2/c1-12-9-14(17(25)23-8-4-3-5-13(23)2)6-7-15(12)19-16(24)10-22-11-18-20-21-22/h6-7,9,11,13H,3-5,8,10H2,1-2H3,(H,19,24). The van der Waals surface area contributed by atoms with Gasteiger partial charge in [0.15, 0.2) is 0 Å². The van der Waals surface area contributed by atoms with E-state index in [2.05, 4.69) is 27.8 Å². The predicted octanol–water partition coefficient (Wildman–Crippen LogP) is 1.63. The molecular formula is C17H22N6O2. The maximum atomic E-state index is 12.7. The minimum absolute atomic E-state index is 0.0401. The summed E-state index contributed by atoms with van der Waals surface area (Å²) in [7, 11) is 0. The Hall–Kier alpha value is -2.77. The molecule has 1 fully saturated rings. The summed E-state index contributed by atoms with van der Waals surface area (Å²) in [5, 5.41) is 13.5. The topological polar surface area (TPSA) is 93.0 Å². The van der Waals surface area contributed by atoms with Crippen molar-refractivity contribution in [3.63, 3.8) is 0 Å². The van der Waals surface area contributed by atoms with Crippen LogP contribution in [-0.4, -0.2) is 49.5 Å². The van der Waals surface area contributed by atoms with Crippen molar-refractivity contribution in [2.75, 3.05) is 11.9 Å². The van der Waals surface area contributed by atoms with Crippen LogP contribution < -0.4 is 5.32 Å². The van der Waals surface area contributed by atoms with Crippen LogP contribution in [0.2, 0.25) is 0 Å². The maximum absolute atomic E-state index is 12.7. The second kappa shape index (κ2) is 7.42. The zero-order valence-corrected chi connectivity index (χ0v) is 14.5. The number of hydrogen-bond donors (Lipinski definition) is 1. The third kappa shape index (κ3) is 4.01. The van der Waals surface area contributed by atoms with Gasteiger partial charge in [-0.05, 0) is 67.3 Å². The number of carbonyl (C=O) groups is 2. The molecule has 1 aromatic carbocycles. The van der Waals surface area contributed by atoms with Gasteiger partial charge in [0.25, 0.3) is 5.91 Å². The Bertz CT molecular complexity index is 759. The van der Waals surface area contributed by atoms with Crippen molar-refractivity contribution < 1.29 is 9.59 Å². The fourth-order valence-corrected chi connectivity index (χ4v) is 3.09. The Morgan fingerprint density at radius 2 is 2.16 bits per heavy atom. The van der Waals surface area contributed by atoms with Crippen molar-refractivity contribution in [3.8, 4) is 0 Å². The van der Waals surface area contributed by atoms with Gasteiger partial charge in [0, 0.05) is 23.8 Å². The SMILES string of the molecule is Cc1cc(C(=O)N2CCCCC2C)ccc1NC(=O)Cn1cnnn1. The van der Waals surface area contributed by atoms with Crippen LogP contribution in [0.4, 0.5) is 5.69 Å². The number of anilines is 1. The molecule has 2 heterocycles. The fourth-order valence-electron chi connectivity index (χ4n) is 3.09. The first kappa shape index (κ1) is 17.1. The van der Waals surface area contributed by atoms with Crippen molar-refractivity contribution in [3.05, 3.63) is 35.7 Å². The Balaban J connectivity index is 1.68. The molecule has 0 aliphatic carbocycles. The molecule has 0 saturated carbocycles. The predicted molar refractivity (Wildman–Crippen MR) is 92.0 cm³/mol. The van der Waals surface area contributed by atoms with Crippen LogP contribution in [0.25, 0.3) is 0 Å². The number of aryl methyl sites for hydroxylation is 1. The number of nitrogens with one attached hydrogen (secondary N) is 1. The van der Waals surface area contributed by atoms with E-state index in [1.807, 2.05) is 17.9 Å². The number of piperidine rings is 1. The molecule has 8 nitrogen and oxygen atoms in total. The Morgan fingerprint density at radius 1 is 1.32 bits per heavy atom. The van der Waals surface area contributed by atoms with Gasteiger partial charge < -0.3 is 10.2 Å². The van der Waals surface area contributed by atoms with Crippen molar-refractivity contribution in [1.82, 2.24) is 25.1 Å². The lowest BCUT2D eigenvalue weighted by atomic mass is 10.0. The molecule has 0 radical (unpaired) electrons. The van der Waals surface area contributed by atoms with E-state index in [0.29, 0.717) is 11.3 Å². The van der Waals surface area contributed by atoms with E-state index >= 15 is 0 Å². The summed E-state index contributed by atoms with van der Waals surface area (Å²) >= 11 is 0. The lowest BCUT2D eigenvalue weighted by Crippen LogP contribution is -2.42. The first-order valence-electron chi connectivity index (χ1n) is 8.47. The third-order valence-electron chi connectivity index (χ3n) is 4.51. The molecule has 132 valence electrons. The minimum Gasteiger partial charge on any atom is -0.336 e. The van der Waals surface area contributed by atoms with E-state index in [4.69, 9.17) is 0 Å². The summed E-state index contributed by atoms with van der Waals surface area (Å²) in [6, 6.07) is 5.64. The first-order valence-corrected chi connectivity index (χ1v) is 8.47. The number of hydrogen-bond acceptors (Lipinski definition) is 5. The largest absolute Gasteiger partial charge is 0.336 e.